The van der Waals surface area contributed by atoms with Crippen LogP contribution in [0.25, 0.3) is 0 Å². The van der Waals surface area contributed by atoms with Gasteiger partial charge in [-0.25, -0.2) is 0 Å². The highest BCUT2D eigenvalue weighted by Gasteiger charge is 2.09. The summed E-state index contributed by atoms with van der Waals surface area (Å²) in [5.41, 5.74) is 6.23. The second-order valence-corrected chi connectivity index (χ2v) is 4.24. The van der Waals surface area contributed by atoms with Crippen LogP contribution in [0.1, 0.15) is 6.92 Å². The molecule has 0 aliphatic heterocycles. The molecule has 0 unspecified atom stereocenters. The third kappa shape index (κ3) is 3.41. The summed E-state index contributed by atoms with van der Waals surface area (Å²) in [6, 6.07) is 5.24. The minimum atomic E-state index is -0.0585. The number of carbonyl (C=O) groups is 1. The molecule has 0 radical (unpaired) electrons. The van der Waals surface area contributed by atoms with Gasteiger partial charge in [-0.3, -0.25) is 4.79 Å². The van der Waals surface area contributed by atoms with Gasteiger partial charge in [0.15, 0.2) is 6.61 Å². The molecule has 2 N–H and O–H groups in total. The van der Waals surface area contributed by atoms with E-state index >= 15 is 0 Å². The van der Waals surface area contributed by atoms with Crippen molar-refractivity contribution in [2.24, 2.45) is 0 Å². The van der Waals surface area contributed by atoms with E-state index in [1.54, 1.807) is 30.1 Å². The maximum Gasteiger partial charge on any atom is 0.260 e. The number of nitrogens with zero attached hydrogens (tertiary/aromatic N) is 1. The molecule has 0 aliphatic rings. The van der Waals surface area contributed by atoms with Crippen LogP contribution >= 0.6 is 15.9 Å². The first-order chi connectivity index (χ1) is 7.54. The Labute approximate surface area is 103 Å². The summed E-state index contributed by atoms with van der Waals surface area (Å²) in [5.74, 6) is 0.523. The molecule has 4 nitrogen and oxygen atoms in total. The number of halogens is 1. The van der Waals surface area contributed by atoms with Crippen LogP contribution < -0.4 is 10.5 Å². The summed E-state index contributed by atoms with van der Waals surface area (Å²) in [4.78, 5) is 13.1. The molecule has 1 aromatic carbocycles. The number of ether oxygens (including phenoxy) is 1. The van der Waals surface area contributed by atoms with Crippen molar-refractivity contribution in [2.45, 2.75) is 6.92 Å². The van der Waals surface area contributed by atoms with Gasteiger partial charge < -0.3 is 15.4 Å². The molecule has 0 spiro atoms. The van der Waals surface area contributed by atoms with E-state index in [4.69, 9.17) is 10.5 Å². The summed E-state index contributed by atoms with van der Waals surface area (Å²) in [6.07, 6.45) is 0. The van der Waals surface area contributed by atoms with E-state index in [0.717, 1.165) is 4.47 Å². The summed E-state index contributed by atoms with van der Waals surface area (Å²) in [7, 11) is 1.74. The van der Waals surface area contributed by atoms with E-state index in [1.807, 2.05) is 6.92 Å². The van der Waals surface area contributed by atoms with Crippen molar-refractivity contribution in [3.63, 3.8) is 0 Å². The number of anilines is 1. The van der Waals surface area contributed by atoms with Gasteiger partial charge in [-0.2, -0.15) is 0 Å². The molecule has 0 saturated heterocycles. The first-order valence-corrected chi connectivity index (χ1v) is 5.75. The van der Waals surface area contributed by atoms with Crippen LogP contribution in [0.4, 0.5) is 5.69 Å². The number of likely N-dealkylation sites (N-methyl/N-ethyl adjacent to an activating group) is 1. The molecular formula is C11H15BrN2O2. The fraction of sp³-hybridized carbons (Fsp3) is 0.364. The highest BCUT2D eigenvalue weighted by molar-refractivity contribution is 9.10. The van der Waals surface area contributed by atoms with Gasteiger partial charge in [-0.05, 0) is 35.0 Å². The van der Waals surface area contributed by atoms with E-state index in [0.29, 0.717) is 18.0 Å². The topological polar surface area (TPSA) is 55.6 Å². The van der Waals surface area contributed by atoms with Crippen molar-refractivity contribution in [2.75, 3.05) is 25.9 Å². The zero-order valence-corrected chi connectivity index (χ0v) is 11.0. The lowest BCUT2D eigenvalue weighted by atomic mass is 10.3. The maximum absolute atomic E-state index is 11.5. The van der Waals surface area contributed by atoms with E-state index in [2.05, 4.69) is 15.9 Å². The number of amides is 1. The third-order valence-electron chi connectivity index (χ3n) is 2.21. The van der Waals surface area contributed by atoms with E-state index in [-0.39, 0.29) is 12.5 Å². The fourth-order valence-corrected chi connectivity index (χ4v) is 1.42. The van der Waals surface area contributed by atoms with Crippen LogP contribution in [0.5, 0.6) is 5.75 Å². The molecule has 0 heterocycles. The predicted molar refractivity (Wildman–Crippen MR) is 67.4 cm³/mol. The number of rotatable bonds is 4. The van der Waals surface area contributed by atoms with Crippen molar-refractivity contribution >= 4 is 27.5 Å². The Morgan fingerprint density at radius 1 is 1.56 bits per heavy atom. The summed E-state index contributed by atoms with van der Waals surface area (Å²) in [6.45, 7) is 2.60. The molecule has 1 aromatic rings. The third-order valence-corrected chi connectivity index (χ3v) is 2.86. The van der Waals surface area contributed by atoms with Gasteiger partial charge >= 0.3 is 0 Å². The Balaban J connectivity index is 2.61. The molecule has 1 amide bonds. The quantitative estimate of drug-likeness (QED) is 0.860. The van der Waals surface area contributed by atoms with Crippen molar-refractivity contribution < 1.29 is 9.53 Å². The zero-order valence-electron chi connectivity index (χ0n) is 9.37. The highest BCUT2D eigenvalue weighted by Crippen LogP contribution is 2.26. The van der Waals surface area contributed by atoms with Crippen LogP contribution in [0, 0.1) is 0 Å². The van der Waals surface area contributed by atoms with Crippen LogP contribution in [-0.2, 0) is 4.79 Å². The van der Waals surface area contributed by atoms with Crippen molar-refractivity contribution in [3.05, 3.63) is 22.7 Å². The number of benzene rings is 1. The summed E-state index contributed by atoms with van der Waals surface area (Å²) in [5, 5.41) is 0. The molecule has 0 saturated carbocycles. The second-order valence-electron chi connectivity index (χ2n) is 3.39. The number of carbonyl (C=O) groups excluding carboxylic acids is 1. The van der Waals surface area contributed by atoms with Gasteiger partial charge in [0.05, 0.1) is 4.47 Å². The standard InChI is InChI=1S/C11H15BrN2O2/c1-3-14(2)11(15)7-16-10-6-8(13)4-5-9(10)12/h4-6H,3,7,13H2,1-2H3. The van der Waals surface area contributed by atoms with Crippen LogP contribution in [-0.4, -0.2) is 31.0 Å². The second kappa shape index (κ2) is 5.75. The Kier molecular flexibility index (Phi) is 4.61. The predicted octanol–water partition coefficient (Wildman–Crippen LogP) is 1.89. The molecule has 0 aromatic heterocycles. The molecule has 0 atom stereocenters. The largest absolute Gasteiger partial charge is 0.483 e. The van der Waals surface area contributed by atoms with E-state index in [1.165, 1.54) is 0 Å². The molecule has 0 bridgehead atoms. The number of nitrogen functional groups attached to an aromatic ring is 1. The van der Waals surface area contributed by atoms with Crippen molar-refractivity contribution in [3.8, 4) is 5.75 Å². The molecule has 88 valence electrons. The molecule has 0 aliphatic carbocycles. The van der Waals surface area contributed by atoms with Gasteiger partial charge in [0, 0.05) is 25.3 Å². The van der Waals surface area contributed by atoms with Crippen LogP contribution in [0.15, 0.2) is 22.7 Å². The smallest absolute Gasteiger partial charge is 0.260 e. The molecule has 0 fully saturated rings. The molecule has 5 heteroatoms. The monoisotopic (exact) mass is 286 g/mol. The Hall–Kier alpha value is -1.23. The molecule has 1 rings (SSSR count). The van der Waals surface area contributed by atoms with Gasteiger partial charge in [-0.1, -0.05) is 0 Å². The molecular weight excluding hydrogens is 272 g/mol. The van der Waals surface area contributed by atoms with Gasteiger partial charge in [0.25, 0.3) is 5.91 Å². The number of hydrogen-bond donors (Lipinski definition) is 1. The van der Waals surface area contributed by atoms with E-state index < -0.39 is 0 Å². The summed E-state index contributed by atoms with van der Waals surface area (Å²) >= 11 is 3.33. The zero-order chi connectivity index (χ0) is 12.1. The Morgan fingerprint density at radius 3 is 2.88 bits per heavy atom. The lowest BCUT2D eigenvalue weighted by Gasteiger charge is -2.15. The normalized spacial score (nSPS) is 9.94. The lowest BCUT2D eigenvalue weighted by Crippen LogP contribution is -2.31. The molecule has 16 heavy (non-hydrogen) atoms. The Morgan fingerprint density at radius 2 is 2.25 bits per heavy atom. The number of hydrogen-bond acceptors (Lipinski definition) is 3. The average Bonchev–Trinajstić information content (AvgIpc) is 2.28. The van der Waals surface area contributed by atoms with Crippen LogP contribution in [0.2, 0.25) is 0 Å². The van der Waals surface area contributed by atoms with Gasteiger partial charge in [-0.15, -0.1) is 0 Å². The van der Waals surface area contributed by atoms with E-state index in [9.17, 15) is 4.79 Å². The average molecular weight is 287 g/mol. The fourth-order valence-electron chi connectivity index (χ4n) is 1.06. The lowest BCUT2D eigenvalue weighted by molar-refractivity contribution is -0.131. The highest BCUT2D eigenvalue weighted by atomic mass is 79.9. The Bertz CT molecular complexity index is 382. The minimum Gasteiger partial charge on any atom is -0.483 e. The summed E-state index contributed by atoms with van der Waals surface area (Å²) < 4.78 is 6.17. The maximum atomic E-state index is 11.5. The minimum absolute atomic E-state index is 0.0202. The van der Waals surface area contributed by atoms with Crippen molar-refractivity contribution in [1.82, 2.24) is 4.90 Å². The van der Waals surface area contributed by atoms with Gasteiger partial charge in [0.1, 0.15) is 5.75 Å². The van der Waals surface area contributed by atoms with Gasteiger partial charge in [0.2, 0.25) is 0 Å². The van der Waals surface area contributed by atoms with Crippen LogP contribution in [0.3, 0.4) is 0 Å². The van der Waals surface area contributed by atoms with Crippen molar-refractivity contribution in [1.29, 1.82) is 0 Å². The SMILES string of the molecule is CCN(C)C(=O)COc1cc(N)ccc1Br. The first-order valence-electron chi connectivity index (χ1n) is 4.96. The number of nitrogens with two attached hydrogens (primary N) is 1. The first kappa shape index (κ1) is 12.8.